The van der Waals surface area contributed by atoms with Gasteiger partial charge in [0, 0.05) is 24.9 Å². The number of hydrogen-bond donors (Lipinski definition) is 0. The summed E-state index contributed by atoms with van der Waals surface area (Å²) < 4.78 is 5.33. The molecule has 1 aliphatic heterocycles. The molecule has 0 unspecified atom stereocenters. The summed E-state index contributed by atoms with van der Waals surface area (Å²) in [4.78, 5) is 24.0. The molecule has 0 bridgehead atoms. The number of aromatic nitrogens is 2. The Kier molecular flexibility index (Phi) is 6.24. The average molecular weight is 386 g/mol. The molecule has 0 spiro atoms. The number of amides is 1. The first-order chi connectivity index (χ1) is 13.3. The lowest BCUT2D eigenvalue weighted by Gasteiger charge is -2.26. The van der Waals surface area contributed by atoms with Crippen LogP contribution < -0.4 is 0 Å². The maximum Gasteiger partial charge on any atom is 0.233 e. The minimum atomic E-state index is 0.165. The van der Waals surface area contributed by atoms with Gasteiger partial charge in [0.1, 0.15) is 10.9 Å². The number of benzene rings is 1. The van der Waals surface area contributed by atoms with Gasteiger partial charge < -0.3 is 9.64 Å². The van der Waals surface area contributed by atoms with Crippen LogP contribution in [0.2, 0.25) is 0 Å². The predicted molar refractivity (Wildman–Crippen MR) is 108 cm³/mol. The third-order valence-corrected chi connectivity index (χ3v) is 6.54. The number of ether oxygens (including phenoxy) is 1. The molecule has 2 aromatic rings. The number of rotatable bonds is 6. The van der Waals surface area contributed by atoms with Crippen molar-refractivity contribution in [1.82, 2.24) is 14.9 Å². The van der Waals surface area contributed by atoms with Crippen molar-refractivity contribution in [3.8, 4) is 0 Å². The van der Waals surface area contributed by atoms with Crippen molar-refractivity contribution in [1.29, 1.82) is 0 Å². The monoisotopic (exact) mass is 385 g/mol. The van der Waals surface area contributed by atoms with Crippen LogP contribution in [0.3, 0.4) is 0 Å². The molecule has 27 heavy (non-hydrogen) atoms. The highest BCUT2D eigenvalue weighted by molar-refractivity contribution is 8.00. The maximum absolute atomic E-state index is 12.5. The van der Waals surface area contributed by atoms with Crippen LogP contribution in [0.25, 0.3) is 10.9 Å². The van der Waals surface area contributed by atoms with Gasteiger partial charge in [-0.1, -0.05) is 55.6 Å². The summed E-state index contributed by atoms with van der Waals surface area (Å²) >= 11 is 1.54. The summed E-state index contributed by atoms with van der Waals surface area (Å²) in [5.74, 6) is 2.34. The first kappa shape index (κ1) is 18.7. The first-order valence-electron chi connectivity index (χ1n) is 10.0. The molecule has 6 heteroatoms. The van der Waals surface area contributed by atoms with E-state index in [0.29, 0.717) is 32.1 Å². The van der Waals surface area contributed by atoms with E-state index in [9.17, 15) is 4.79 Å². The van der Waals surface area contributed by atoms with E-state index in [1.54, 1.807) is 11.8 Å². The summed E-state index contributed by atoms with van der Waals surface area (Å²) in [6, 6.07) is 8.13. The van der Waals surface area contributed by atoms with Gasteiger partial charge in [-0.15, -0.1) is 0 Å². The fourth-order valence-electron chi connectivity index (χ4n) is 3.98. The highest BCUT2D eigenvalue weighted by Crippen LogP contribution is 2.30. The molecule has 0 N–H and O–H groups in total. The molecule has 1 amide bonds. The van der Waals surface area contributed by atoms with Gasteiger partial charge in [0.15, 0.2) is 0 Å². The Labute approximate surface area is 164 Å². The molecule has 1 saturated heterocycles. The fourth-order valence-corrected chi connectivity index (χ4v) is 4.92. The summed E-state index contributed by atoms with van der Waals surface area (Å²) in [6.07, 6.45) is 7.55. The van der Waals surface area contributed by atoms with Gasteiger partial charge in [-0.05, 0) is 18.4 Å². The number of carbonyl (C=O) groups excluding carboxylic acids is 1. The fraction of sp³-hybridized carbons (Fsp3) is 0.571. The summed E-state index contributed by atoms with van der Waals surface area (Å²) in [6.45, 7) is 2.66. The SMILES string of the molecule is O=C(CSc1nc(CCC2CCCC2)nc2ccccc12)N1CCOCC1. The zero-order valence-electron chi connectivity index (χ0n) is 15.7. The number of thioether (sulfide) groups is 1. The van der Waals surface area contributed by atoms with Crippen molar-refractivity contribution in [2.24, 2.45) is 5.92 Å². The van der Waals surface area contributed by atoms with Crippen LogP contribution in [0.5, 0.6) is 0 Å². The third kappa shape index (κ3) is 4.79. The van der Waals surface area contributed by atoms with E-state index in [4.69, 9.17) is 14.7 Å². The molecule has 2 aliphatic rings. The molecule has 4 rings (SSSR count). The first-order valence-corrected chi connectivity index (χ1v) is 11.0. The maximum atomic E-state index is 12.5. The number of aryl methyl sites for hydroxylation is 1. The molecule has 1 aromatic heterocycles. The molecule has 2 fully saturated rings. The molecule has 144 valence electrons. The number of carbonyl (C=O) groups is 1. The summed E-state index contributed by atoms with van der Waals surface area (Å²) in [5.41, 5.74) is 0.982. The Morgan fingerprint density at radius 2 is 1.93 bits per heavy atom. The Morgan fingerprint density at radius 1 is 1.15 bits per heavy atom. The van der Waals surface area contributed by atoms with Crippen molar-refractivity contribution in [2.75, 3.05) is 32.1 Å². The number of morpholine rings is 1. The lowest BCUT2D eigenvalue weighted by atomic mass is 10.0. The Balaban J connectivity index is 1.46. The zero-order chi connectivity index (χ0) is 18.5. The smallest absolute Gasteiger partial charge is 0.233 e. The van der Waals surface area contributed by atoms with Gasteiger partial charge in [0.25, 0.3) is 0 Å². The number of para-hydroxylation sites is 1. The largest absolute Gasteiger partial charge is 0.378 e. The average Bonchev–Trinajstić information content (AvgIpc) is 3.24. The van der Waals surface area contributed by atoms with Crippen molar-refractivity contribution < 1.29 is 9.53 Å². The van der Waals surface area contributed by atoms with Gasteiger partial charge in [-0.25, -0.2) is 9.97 Å². The van der Waals surface area contributed by atoms with E-state index in [-0.39, 0.29) is 5.91 Å². The highest BCUT2D eigenvalue weighted by atomic mass is 32.2. The van der Waals surface area contributed by atoms with Crippen molar-refractivity contribution >= 4 is 28.6 Å². The van der Waals surface area contributed by atoms with Crippen LogP contribution in [0, 0.1) is 5.92 Å². The highest BCUT2D eigenvalue weighted by Gasteiger charge is 2.19. The molecule has 1 aromatic carbocycles. The molecular weight excluding hydrogens is 358 g/mol. The van der Waals surface area contributed by atoms with Gasteiger partial charge >= 0.3 is 0 Å². The molecule has 1 saturated carbocycles. The minimum absolute atomic E-state index is 0.165. The van der Waals surface area contributed by atoms with Gasteiger partial charge in [-0.3, -0.25) is 4.79 Å². The van der Waals surface area contributed by atoms with Crippen molar-refractivity contribution in [2.45, 2.75) is 43.6 Å². The molecule has 1 aliphatic carbocycles. The van der Waals surface area contributed by atoms with E-state index in [1.165, 1.54) is 32.1 Å². The van der Waals surface area contributed by atoms with Crippen LogP contribution in [-0.4, -0.2) is 52.8 Å². The lowest BCUT2D eigenvalue weighted by Crippen LogP contribution is -2.41. The van der Waals surface area contributed by atoms with E-state index in [2.05, 4.69) is 6.07 Å². The topological polar surface area (TPSA) is 55.3 Å². The lowest BCUT2D eigenvalue weighted by molar-refractivity contribution is -0.132. The van der Waals surface area contributed by atoms with Crippen LogP contribution in [0.1, 0.15) is 37.9 Å². The Bertz CT molecular complexity index is 786. The predicted octanol–water partition coefficient (Wildman–Crippen LogP) is 3.70. The van der Waals surface area contributed by atoms with Gasteiger partial charge in [0.05, 0.1) is 24.5 Å². The van der Waals surface area contributed by atoms with Crippen LogP contribution in [0.4, 0.5) is 0 Å². The second-order valence-corrected chi connectivity index (χ2v) is 8.40. The molecular formula is C21H27N3O2S. The molecule has 0 radical (unpaired) electrons. The number of nitrogens with zero attached hydrogens (tertiary/aromatic N) is 3. The van der Waals surface area contributed by atoms with E-state index < -0.39 is 0 Å². The molecule has 2 heterocycles. The Morgan fingerprint density at radius 3 is 2.74 bits per heavy atom. The van der Waals surface area contributed by atoms with Crippen LogP contribution in [0.15, 0.2) is 29.3 Å². The van der Waals surface area contributed by atoms with Crippen molar-refractivity contribution in [3.63, 3.8) is 0 Å². The van der Waals surface area contributed by atoms with Crippen molar-refractivity contribution in [3.05, 3.63) is 30.1 Å². The second kappa shape index (κ2) is 9.02. The second-order valence-electron chi connectivity index (χ2n) is 7.43. The number of fused-ring (bicyclic) bond motifs is 1. The van der Waals surface area contributed by atoms with Crippen LogP contribution >= 0.6 is 11.8 Å². The summed E-state index contributed by atoms with van der Waals surface area (Å²) in [7, 11) is 0. The van der Waals surface area contributed by atoms with Crippen LogP contribution in [-0.2, 0) is 16.0 Å². The van der Waals surface area contributed by atoms with Gasteiger partial charge in [0.2, 0.25) is 5.91 Å². The zero-order valence-corrected chi connectivity index (χ0v) is 16.5. The van der Waals surface area contributed by atoms with E-state index >= 15 is 0 Å². The minimum Gasteiger partial charge on any atom is -0.378 e. The standard InChI is InChI=1S/C21H27N3O2S/c25-20(24-11-13-26-14-12-24)15-27-21-17-7-3-4-8-18(17)22-19(23-21)10-9-16-5-1-2-6-16/h3-4,7-8,16H,1-2,5-6,9-15H2. The van der Waals surface area contributed by atoms with E-state index in [1.807, 2.05) is 23.1 Å². The quantitative estimate of drug-likeness (QED) is 0.560. The van der Waals surface area contributed by atoms with Gasteiger partial charge in [-0.2, -0.15) is 0 Å². The third-order valence-electron chi connectivity index (χ3n) is 5.56. The Hall–Kier alpha value is -1.66. The normalized spacial score (nSPS) is 18.3. The number of hydrogen-bond acceptors (Lipinski definition) is 5. The molecule has 5 nitrogen and oxygen atoms in total. The summed E-state index contributed by atoms with van der Waals surface area (Å²) in [5, 5.41) is 1.98. The van der Waals surface area contributed by atoms with E-state index in [0.717, 1.165) is 34.1 Å². The molecule has 0 atom stereocenters.